The van der Waals surface area contributed by atoms with E-state index in [2.05, 4.69) is 29.1 Å². The number of carbonyl (C=O) groups excluding carboxylic acids is 2. The first-order valence-electron chi connectivity index (χ1n) is 6.95. The molecular formula is C17H20N2O3. The van der Waals surface area contributed by atoms with Gasteiger partial charge in [0.25, 0.3) is 0 Å². The molecule has 0 bridgehead atoms. The van der Waals surface area contributed by atoms with Gasteiger partial charge in [-0.1, -0.05) is 24.0 Å². The van der Waals surface area contributed by atoms with Crippen LogP contribution in [0.4, 0.5) is 5.69 Å². The highest BCUT2D eigenvalue weighted by Gasteiger charge is 1.98. The Morgan fingerprint density at radius 3 is 2.91 bits per heavy atom. The summed E-state index contributed by atoms with van der Waals surface area (Å²) in [6, 6.07) is 7.07. The zero-order valence-electron chi connectivity index (χ0n) is 12.6. The van der Waals surface area contributed by atoms with Gasteiger partial charge in [0.2, 0.25) is 11.8 Å². The van der Waals surface area contributed by atoms with E-state index in [0.717, 1.165) is 0 Å². The summed E-state index contributed by atoms with van der Waals surface area (Å²) in [4.78, 5) is 22.3. The van der Waals surface area contributed by atoms with Gasteiger partial charge in [0.05, 0.1) is 6.54 Å². The van der Waals surface area contributed by atoms with E-state index in [0.29, 0.717) is 30.8 Å². The van der Waals surface area contributed by atoms with Crippen LogP contribution in [0.3, 0.4) is 0 Å². The van der Waals surface area contributed by atoms with Gasteiger partial charge in [-0.05, 0) is 18.6 Å². The normalized spacial score (nSPS) is 9.14. The maximum atomic E-state index is 11.3. The lowest BCUT2D eigenvalue weighted by Crippen LogP contribution is -2.22. The number of benzene rings is 1. The zero-order chi connectivity index (χ0) is 16.2. The van der Waals surface area contributed by atoms with Crippen molar-refractivity contribution in [3.05, 3.63) is 36.9 Å². The average molecular weight is 300 g/mol. The van der Waals surface area contributed by atoms with Crippen LogP contribution in [-0.4, -0.2) is 25.0 Å². The number of hydrogen-bond donors (Lipinski definition) is 2. The lowest BCUT2D eigenvalue weighted by Gasteiger charge is -2.05. The summed E-state index contributed by atoms with van der Waals surface area (Å²) >= 11 is 0. The fourth-order valence-corrected chi connectivity index (χ4v) is 1.56. The SMILES string of the molecule is C=CCCC(=O)NCC#CCOc1cccc(NC(C)=O)c1. The molecule has 0 saturated heterocycles. The highest BCUT2D eigenvalue weighted by atomic mass is 16.5. The molecule has 1 rings (SSSR count). The Bertz CT molecular complexity index is 585. The predicted octanol–water partition coefficient (Wildman–Crippen LogP) is 2.11. The van der Waals surface area contributed by atoms with E-state index in [1.165, 1.54) is 6.92 Å². The Kier molecular flexibility index (Phi) is 7.91. The first kappa shape index (κ1) is 17.3. The van der Waals surface area contributed by atoms with Crippen LogP contribution in [0.25, 0.3) is 0 Å². The molecule has 0 unspecified atom stereocenters. The molecule has 0 atom stereocenters. The van der Waals surface area contributed by atoms with Gasteiger partial charge in [-0.25, -0.2) is 0 Å². The molecule has 2 N–H and O–H groups in total. The smallest absolute Gasteiger partial charge is 0.221 e. The van der Waals surface area contributed by atoms with Crippen molar-refractivity contribution in [1.82, 2.24) is 5.32 Å². The van der Waals surface area contributed by atoms with Gasteiger partial charge in [-0.2, -0.15) is 0 Å². The first-order chi connectivity index (χ1) is 10.6. The number of nitrogens with one attached hydrogen (secondary N) is 2. The van der Waals surface area contributed by atoms with Crippen molar-refractivity contribution in [3.63, 3.8) is 0 Å². The number of allylic oxidation sites excluding steroid dienone is 1. The minimum atomic E-state index is -0.135. The molecule has 1 aromatic rings. The highest BCUT2D eigenvalue weighted by molar-refractivity contribution is 5.88. The Hall–Kier alpha value is -2.74. The molecule has 116 valence electrons. The van der Waals surface area contributed by atoms with E-state index in [9.17, 15) is 9.59 Å². The number of rotatable bonds is 7. The van der Waals surface area contributed by atoms with Crippen molar-refractivity contribution in [2.24, 2.45) is 0 Å². The summed E-state index contributed by atoms with van der Waals surface area (Å²) in [5.74, 6) is 6.06. The minimum Gasteiger partial charge on any atom is -0.481 e. The molecule has 0 radical (unpaired) electrons. The molecule has 0 spiro atoms. The van der Waals surface area contributed by atoms with Gasteiger partial charge in [0.1, 0.15) is 12.4 Å². The molecule has 0 heterocycles. The first-order valence-corrected chi connectivity index (χ1v) is 6.95. The molecule has 0 aromatic heterocycles. The molecule has 0 aliphatic rings. The number of hydrogen-bond acceptors (Lipinski definition) is 3. The second kappa shape index (κ2) is 10.1. The topological polar surface area (TPSA) is 67.4 Å². The Labute approximate surface area is 130 Å². The van der Waals surface area contributed by atoms with Gasteiger partial charge < -0.3 is 15.4 Å². The third-order valence-electron chi connectivity index (χ3n) is 2.54. The second-order valence-electron chi connectivity index (χ2n) is 4.46. The van der Waals surface area contributed by atoms with Crippen LogP contribution in [0.5, 0.6) is 5.75 Å². The van der Waals surface area contributed by atoms with Crippen molar-refractivity contribution in [3.8, 4) is 17.6 Å². The minimum absolute atomic E-state index is 0.0434. The Morgan fingerprint density at radius 1 is 1.36 bits per heavy atom. The van der Waals surface area contributed by atoms with Crippen LogP contribution in [0.1, 0.15) is 19.8 Å². The zero-order valence-corrected chi connectivity index (χ0v) is 12.6. The van der Waals surface area contributed by atoms with Gasteiger partial charge in [-0.15, -0.1) is 6.58 Å². The largest absolute Gasteiger partial charge is 0.481 e. The summed E-state index contributed by atoms with van der Waals surface area (Å²) in [7, 11) is 0. The van der Waals surface area contributed by atoms with Crippen molar-refractivity contribution >= 4 is 17.5 Å². The Balaban J connectivity index is 2.30. The maximum Gasteiger partial charge on any atom is 0.221 e. The molecule has 0 aliphatic heterocycles. The van der Waals surface area contributed by atoms with E-state index in [4.69, 9.17) is 4.74 Å². The predicted molar refractivity (Wildman–Crippen MR) is 86.5 cm³/mol. The molecule has 5 heteroatoms. The number of anilines is 1. The van der Waals surface area contributed by atoms with E-state index in [1.807, 2.05) is 0 Å². The van der Waals surface area contributed by atoms with Crippen LogP contribution in [0.2, 0.25) is 0 Å². The summed E-state index contributed by atoms with van der Waals surface area (Å²) in [5.41, 5.74) is 0.674. The Morgan fingerprint density at radius 2 is 2.18 bits per heavy atom. The summed E-state index contributed by atoms with van der Waals surface area (Å²) in [5, 5.41) is 5.36. The average Bonchev–Trinajstić information content (AvgIpc) is 2.48. The van der Waals surface area contributed by atoms with Crippen LogP contribution in [-0.2, 0) is 9.59 Å². The van der Waals surface area contributed by atoms with E-state index >= 15 is 0 Å². The van der Waals surface area contributed by atoms with Crippen molar-refractivity contribution in [2.75, 3.05) is 18.5 Å². The van der Waals surface area contributed by atoms with E-state index in [1.54, 1.807) is 30.3 Å². The quantitative estimate of drug-likeness (QED) is 0.598. The van der Waals surface area contributed by atoms with Gasteiger partial charge in [0, 0.05) is 25.1 Å². The van der Waals surface area contributed by atoms with Crippen LogP contribution >= 0.6 is 0 Å². The fourth-order valence-electron chi connectivity index (χ4n) is 1.56. The van der Waals surface area contributed by atoms with Crippen LogP contribution < -0.4 is 15.4 Å². The highest BCUT2D eigenvalue weighted by Crippen LogP contribution is 2.16. The lowest BCUT2D eigenvalue weighted by atomic mass is 10.3. The van der Waals surface area contributed by atoms with E-state index < -0.39 is 0 Å². The molecule has 1 aromatic carbocycles. The molecule has 2 amide bonds. The maximum absolute atomic E-state index is 11.3. The lowest BCUT2D eigenvalue weighted by molar-refractivity contribution is -0.120. The number of ether oxygens (including phenoxy) is 1. The summed E-state index contributed by atoms with van der Waals surface area (Å²) < 4.78 is 5.45. The molecule has 0 aliphatic carbocycles. The second-order valence-corrected chi connectivity index (χ2v) is 4.46. The summed E-state index contributed by atoms with van der Waals surface area (Å²) in [6.07, 6.45) is 2.79. The van der Waals surface area contributed by atoms with Crippen LogP contribution in [0, 0.1) is 11.8 Å². The molecule has 5 nitrogen and oxygen atoms in total. The number of amides is 2. The molecule has 0 saturated carbocycles. The van der Waals surface area contributed by atoms with Crippen molar-refractivity contribution in [1.29, 1.82) is 0 Å². The number of carbonyl (C=O) groups is 2. The van der Waals surface area contributed by atoms with Gasteiger partial charge in [-0.3, -0.25) is 9.59 Å². The molecular weight excluding hydrogens is 280 g/mol. The molecule has 0 fully saturated rings. The third-order valence-corrected chi connectivity index (χ3v) is 2.54. The molecule has 22 heavy (non-hydrogen) atoms. The fraction of sp³-hybridized carbons (Fsp3) is 0.294. The van der Waals surface area contributed by atoms with Crippen LogP contribution in [0.15, 0.2) is 36.9 Å². The van der Waals surface area contributed by atoms with Crippen molar-refractivity contribution in [2.45, 2.75) is 19.8 Å². The standard InChI is InChI=1S/C17H20N2O3/c1-3-4-10-17(21)18-11-5-6-12-22-16-9-7-8-15(13-16)19-14(2)20/h3,7-9,13H,1,4,10-12H2,2H3,(H,18,21)(H,19,20). The van der Waals surface area contributed by atoms with Gasteiger partial charge in [0.15, 0.2) is 0 Å². The van der Waals surface area contributed by atoms with Gasteiger partial charge >= 0.3 is 0 Å². The van der Waals surface area contributed by atoms with E-state index in [-0.39, 0.29) is 18.4 Å². The van der Waals surface area contributed by atoms with Crippen molar-refractivity contribution < 1.29 is 14.3 Å². The third kappa shape index (κ3) is 7.75. The summed E-state index contributed by atoms with van der Waals surface area (Å²) in [6.45, 7) is 5.51. The monoisotopic (exact) mass is 300 g/mol.